The van der Waals surface area contributed by atoms with E-state index in [1.807, 2.05) is 13.8 Å². The second kappa shape index (κ2) is 8.37. The van der Waals surface area contributed by atoms with Crippen molar-refractivity contribution in [2.45, 2.75) is 45.8 Å². The molecule has 0 aliphatic carbocycles. The Labute approximate surface area is 144 Å². The van der Waals surface area contributed by atoms with Gasteiger partial charge in [-0.2, -0.15) is 13.2 Å². The zero-order valence-electron chi connectivity index (χ0n) is 13.7. The van der Waals surface area contributed by atoms with Gasteiger partial charge in [0.25, 0.3) is 0 Å². The zero-order chi connectivity index (χ0) is 18.5. The number of alkyl halides is 3. The van der Waals surface area contributed by atoms with E-state index in [-0.39, 0.29) is 35.6 Å². The van der Waals surface area contributed by atoms with E-state index in [2.05, 4.69) is 5.32 Å². The Morgan fingerprint density at radius 2 is 1.96 bits per heavy atom. The molecule has 0 bridgehead atoms. The summed E-state index contributed by atoms with van der Waals surface area (Å²) in [6.45, 7) is 4.72. The van der Waals surface area contributed by atoms with Gasteiger partial charge in [-0.15, -0.1) is 0 Å². The van der Waals surface area contributed by atoms with Crippen LogP contribution >= 0.6 is 11.6 Å². The number of hydrogen-bond acceptors (Lipinski definition) is 2. The predicted molar refractivity (Wildman–Crippen MR) is 87.0 cm³/mol. The number of carbonyl (C=O) groups is 2. The highest BCUT2D eigenvalue weighted by atomic mass is 35.5. The van der Waals surface area contributed by atoms with Gasteiger partial charge in [-0.05, 0) is 31.5 Å². The summed E-state index contributed by atoms with van der Waals surface area (Å²) in [5.41, 5.74) is -1.32. The van der Waals surface area contributed by atoms with Gasteiger partial charge in [0.15, 0.2) is 0 Å². The molecule has 1 N–H and O–H groups in total. The van der Waals surface area contributed by atoms with E-state index >= 15 is 0 Å². The van der Waals surface area contributed by atoms with E-state index in [1.54, 1.807) is 0 Å². The van der Waals surface area contributed by atoms with Crippen LogP contribution in [0.3, 0.4) is 0 Å². The molecule has 0 heterocycles. The summed E-state index contributed by atoms with van der Waals surface area (Å²) < 4.78 is 39.6. The molecule has 0 fully saturated rings. The van der Waals surface area contributed by atoms with E-state index in [1.165, 1.54) is 6.07 Å². The molecule has 0 radical (unpaired) electrons. The molecule has 2 amide bonds. The van der Waals surface area contributed by atoms with E-state index < -0.39 is 17.6 Å². The monoisotopic (exact) mass is 364 g/mol. The van der Waals surface area contributed by atoms with Crippen LogP contribution in [-0.4, -0.2) is 24.4 Å². The van der Waals surface area contributed by atoms with Crippen molar-refractivity contribution >= 4 is 29.1 Å². The number of nitrogens with zero attached hydrogens (tertiary/aromatic N) is 1. The molecule has 1 aromatic rings. The number of nitrogens with one attached hydrogen (secondary N) is 1. The van der Waals surface area contributed by atoms with Gasteiger partial charge in [0.1, 0.15) is 0 Å². The Hall–Kier alpha value is -1.76. The Balaban J connectivity index is 3.02. The molecule has 0 saturated heterocycles. The molecule has 1 unspecified atom stereocenters. The summed E-state index contributed by atoms with van der Waals surface area (Å²) in [5, 5.41) is 2.63. The van der Waals surface area contributed by atoms with E-state index in [9.17, 15) is 22.8 Å². The van der Waals surface area contributed by atoms with Crippen LogP contribution in [0.25, 0.3) is 0 Å². The molecule has 0 aliphatic rings. The van der Waals surface area contributed by atoms with Crippen LogP contribution < -0.4 is 10.2 Å². The number of carbonyl (C=O) groups excluding carboxylic acids is 2. The third-order valence-electron chi connectivity index (χ3n) is 3.52. The first kappa shape index (κ1) is 20.3. The summed E-state index contributed by atoms with van der Waals surface area (Å²) in [4.78, 5) is 24.5. The van der Waals surface area contributed by atoms with Crippen LogP contribution in [0, 0.1) is 0 Å². The highest BCUT2D eigenvalue weighted by Gasteiger charge is 2.36. The van der Waals surface area contributed by atoms with Crippen molar-refractivity contribution in [2.75, 3.05) is 11.4 Å². The van der Waals surface area contributed by atoms with Crippen molar-refractivity contribution in [1.29, 1.82) is 0 Å². The van der Waals surface area contributed by atoms with Crippen molar-refractivity contribution in [2.24, 2.45) is 0 Å². The Morgan fingerprint density at radius 3 is 2.46 bits per heavy atom. The van der Waals surface area contributed by atoms with Crippen LogP contribution in [0.4, 0.5) is 18.9 Å². The first-order valence-electron chi connectivity index (χ1n) is 7.50. The molecule has 4 nitrogen and oxygen atoms in total. The maximum Gasteiger partial charge on any atom is 0.418 e. The molecule has 1 atom stereocenters. The number of rotatable bonds is 6. The van der Waals surface area contributed by atoms with Crippen molar-refractivity contribution in [3.05, 3.63) is 28.8 Å². The highest BCUT2D eigenvalue weighted by molar-refractivity contribution is 6.30. The van der Waals surface area contributed by atoms with E-state index in [0.29, 0.717) is 0 Å². The molecule has 134 valence electrons. The highest BCUT2D eigenvalue weighted by Crippen LogP contribution is 2.38. The number of benzene rings is 1. The molecule has 8 heteroatoms. The fourth-order valence-electron chi connectivity index (χ4n) is 2.08. The minimum absolute atomic E-state index is 0.0375. The quantitative estimate of drug-likeness (QED) is 0.829. The average molecular weight is 365 g/mol. The minimum Gasteiger partial charge on any atom is -0.354 e. The zero-order valence-corrected chi connectivity index (χ0v) is 14.5. The molecule has 1 aromatic carbocycles. The molecule has 24 heavy (non-hydrogen) atoms. The number of anilines is 1. The molecule has 0 saturated carbocycles. The normalized spacial score (nSPS) is 12.6. The Bertz CT molecular complexity index is 605. The lowest BCUT2D eigenvalue weighted by atomic mass is 10.1. The van der Waals surface area contributed by atoms with Crippen molar-refractivity contribution in [1.82, 2.24) is 5.32 Å². The van der Waals surface area contributed by atoms with Gasteiger partial charge in [-0.25, -0.2) is 0 Å². The topological polar surface area (TPSA) is 49.4 Å². The summed E-state index contributed by atoms with van der Waals surface area (Å²) in [7, 11) is 0. The largest absolute Gasteiger partial charge is 0.418 e. The molecule has 0 aromatic heterocycles. The number of amides is 2. The molecule has 1 rings (SSSR count). The molecular formula is C16H20ClF3N2O2. The SMILES string of the molecule is CCC(C)NC(=O)CCN(C(C)=O)c1ccc(Cl)cc1C(F)(F)F. The van der Waals surface area contributed by atoms with Gasteiger partial charge in [0.05, 0.1) is 11.3 Å². The van der Waals surface area contributed by atoms with Gasteiger partial charge in [0, 0.05) is 31.0 Å². The van der Waals surface area contributed by atoms with Crippen LogP contribution in [-0.2, 0) is 15.8 Å². The third kappa shape index (κ3) is 5.70. The fraction of sp³-hybridized carbons (Fsp3) is 0.500. The second-order valence-electron chi connectivity index (χ2n) is 5.46. The van der Waals surface area contributed by atoms with Crippen molar-refractivity contribution in [3.63, 3.8) is 0 Å². The predicted octanol–water partition coefficient (Wildman–Crippen LogP) is 4.02. The van der Waals surface area contributed by atoms with E-state index in [4.69, 9.17) is 11.6 Å². The lowest BCUT2D eigenvalue weighted by Gasteiger charge is -2.25. The van der Waals surface area contributed by atoms with Crippen LogP contribution in [0.15, 0.2) is 18.2 Å². The summed E-state index contributed by atoms with van der Waals surface area (Å²) in [5.74, 6) is -0.905. The summed E-state index contributed by atoms with van der Waals surface area (Å²) >= 11 is 5.64. The van der Waals surface area contributed by atoms with Gasteiger partial charge in [0.2, 0.25) is 11.8 Å². The molecular weight excluding hydrogens is 345 g/mol. The Morgan fingerprint density at radius 1 is 1.33 bits per heavy atom. The van der Waals surface area contributed by atoms with Gasteiger partial charge in [-0.1, -0.05) is 18.5 Å². The van der Waals surface area contributed by atoms with Gasteiger partial charge in [-0.3, -0.25) is 9.59 Å². The summed E-state index contributed by atoms with van der Waals surface area (Å²) in [6.07, 6.45) is -4.02. The number of hydrogen-bond donors (Lipinski definition) is 1. The van der Waals surface area contributed by atoms with E-state index in [0.717, 1.165) is 30.4 Å². The average Bonchev–Trinajstić information content (AvgIpc) is 2.47. The van der Waals surface area contributed by atoms with Crippen LogP contribution in [0.1, 0.15) is 39.2 Å². The number of halogens is 4. The lowest BCUT2D eigenvalue weighted by Crippen LogP contribution is -2.37. The Kier molecular flexibility index (Phi) is 7.08. The maximum absolute atomic E-state index is 13.2. The molecule has 0 aliphatic heterocycles. The van der Waals surface area contributed by atoms with Gasteiger partial charge < -0.3 is 10.2 Å². The standard InChI is InChI=1S/C16H20ClF3N2O2/c1-4-10(2)21-15(24)7-8-22(11(3)23)14-6-5-12(17)9-13(14)16(18,19)20/h5-6,9-10H,4,7-8H2,1-3H3,(H,21,24). The molecule has 0 spiro atoms. The second-order valence-corrected chi connectivity index (χ2v) is 5.89. The third-order valence-corrected chi connectivity index (χ3v) is 3.75. The lowest BCUT2D eigenvalue weighted by molar-refractivity contribution is -0.137. The van der Waals surface area contributed by atoms with Gasteiger partial charge >= 0.3 is 6.18 Å². The maximum atomic E-state index is 13.2. The summed E-state index contributed by atoms with van der Waals surface area (Å²) in [6, 6.07) is 3.15. The van der Waals surface area contributed by atoms with Crippen LogP contribution in [0.5, 0.6) is 0 Å². The first-order valence-corrected chi connectivity index (χ1v) is 7.88. The smallest absolute Gasteiger partial charge is 0.354 e. The van der Waals surface area contributed by atoms with Crippen molar-refractivity contribution in [3.8, 4) is 0 Å². The fourth-order valence-corrected chi connectivity index (χ4v) is 2.25. The first-order chi connectivity index (χ1) is 11.1. The van der Waals surface area contributed by atoms with Crippen LogP contribution in [0.2, 0.25) is 5.02 Å². The van der Waals surface area contributed by atoms with Crippen molar-refractivity contribution < 1.29 is 22.8 Å². The minimum atomic E-state index is -4.66.